The maximum absolute atomic E-state index is 11.8. The van der Waals surface area contributed by atoms with Crippen molar-refractivity contribution in [2.75, 3.05) is 7.11 Å². The van der Waals surface area contributed by atoms with E-state index in [0.717, 1.165) is 22.4 Å². The van der Waals surface area contributed by atoms with Gasteiger partial charge in [-0.15, -0.1) is 0 Å². The van der Waals surface area contributed by atoms with Crippen LogP contribution in [0.5, 0.6) is 0 Å². The third-order valence-corrected chi connectivity index (χ3v) is 3.91. The predicted molar refractivity (Wildman–Crippen MR) is 75.1 cm³/mol. The Bertz CT molecular complexity index is 623. The van der Waals surface area contributed by atoms with Crippen molar-refractivity contribution in [3.8, 4) is 0 Å². The number of carbonyl (C=O) groups is 1. The molecule has 0 radical (unpaired) electrons. The Balaban J connectivity index is 2.08. The van der Waals surface area contributed by atoms with Gasteiger partial charge in [-0.1, -0.05) is 12.2 Å². The van der Waals surface area contributed by atoms with Crippen molar-refractivity contribution in [1.82, 2.24) is 5.32 Å². The van der Waals surface area contributed by atoms with E-state index in [0.29, 0.717) is 6.42 Å². The first kappa shape index (κ1) is 12.7. The molecule has 0 aromatic rings. The molecule has 2 aliphatic heterocycles. The normalized spacial score (nSPS) is 31.2. The highest BCUT2D eigenvalue weighted by Crippen LogP contribution is 2.39. The molecule has 3 rings (SSSR count). The lowest BCUT2D eigenvalue weighted by Crippen LogP contribution is -2.39. The van der Waals surface area contributed by atoms with Crippen molar-refractivity contribution in [1.29, 1.82) is 0 Å². The smallest absolute Gasteiger partial charge is 0.328 e. The fourth-order valence-electron chi connectivity index (χ4n) is 2.80. The maximum atomic E-state index is 11.8. The van der Waals surface area contributed by atoms with E-state index in [2.05, 4.69) is 10.3 Å². The standard InChI is InChI=1S/C15H16N2O3/c1-8-10-4-3-5-11-13(10)9(7-16-11)6-12(15(19)20-2)17-14(8)18/h3-5,7,10,12,17-18H,6H2,1-2H3/b14-8+/t10?,12-/m0/s1. The fraction of sp³-hybridized carbons (Fsp3) is 0.333. The van der Waals surface area contributed by atoms with Crippen LogP contribution in [0.1, 0.15) is 13.3 Å². The molecule has 5 nitrogen and oxygen atoms in total. The summed E-state index contributed by atoms with van der Waals surface area (Å²) < 4.78 is 4.78. The van der Waals surface area contributed by atoms with E-state index >= 15 is 0 Å². The highest BCUT2D eigenvalue weighted by Gasteiger charge is 2.33. The Morgan fingerprint density at radius 1 is 1.55 bits per heavy atom. The molecule has 0 fully saturated rings. The number of hydrogen-bond acceptors (Lipinski definition) is 5. The van der Waals surface area contributed by atoms with Gasteiger partial charge in [-0.05, 0) is 29.7 Å². The van der Waals surface area contributed by atoms with Gasteiger partial charge < -0.3 is 15.2 Å². The summed E-state index contributed by atoms with van der Waals surface area (Å²) in [7, 11) is 1.34. The molecular weight excluding hydrogens is 256 g/mol. The number of aliphatic imine (C=N–C) groups is 1. The lowest BCUT2D eigenvalue weighted by molar-refractivity contribution is -0.143. The third-order valence-electron chi connectivity index (χ3n) is 3.91. The summed E-state index contributed by atoms with van der Waals surface area (Å²) in [6, 6.07) is -0.602. The van der Waals surface area contributed by atoms with Gasteiger partial charge in [0.15, 0.2) is 5.88 Å². The van der Waals surface area contributed by atoms with Crippen LogP contribution in [-0.4, -0.2) is 30.4 Å². The lowest BCUT2D eigenvalue weighted by Gasteiger charge is -2.27. The molecule has 0 amide bonds. The number of allylic oxidation sites excluding steroid dienone is 5. The van der Waals surface area contributed by atoms with E-state index in [9.17, 15) is 9.90 Å². The Morgan fingerprint density at radius 2 is 2.35 bits per heavy atom. The first-order valence-electron chi connectivity index (χ1n) is 6.52. The van der Waals surface area contributed by atoms with Gasteiger partial charge in [-0.2, -0.15) is 0 Å². The van der Waals surface area contributed by atoms with Crippen molar-refractivity contribution in [2.45, 2.75) is 19.4 Å². The molecule has 20 heavy (non-hydrogen) atoms. The minimum Gasteiger partial charge on any atom is -0.495 e. The summed E-state index contributed by atoms with van der Waals surface area (Å²) >= 11 is 0. The zero-order valence-corrected chi connectivity index (χ0v) is 11.4. The SMILES string of the molecule is COC(=O)[C@@H]1CC2=C3C(=CC=CC3/C(C)=C(/O)N1)N=C2. The van der Waals surface area contributed by atoms with Crippen LogP contribution in [0.4, 0.5) is 0 Å². The number of esters is 1. The molecular formula is C15H16N2O3. The number of carbonyl (C=O) groups excluding carboxylic acids is 1. The largest absolute Gasteiger partial charge is 0.495 e. The van der Waals surface area contributed by atoms with E-state index in [1.807, 2.05) is 25.2 Å². The predicted octanol–water partition coefficient (Wildman–Crippen LogP) is 1.76. The highest BCUT2D eigenvalue weighted by atomic mass is 16.5. The molecule has 3 aliphatic rings. The second kappa shape index (κ2) is 4.67. The van der Waals surface area contributed by atoms with E-state index < -0.39 is 12.0 Å². The number of hydrogen-bond donors (Lipinski definition) is 2. The van der Waals surface area contributed by atoms with Crippen LogP contribution in [0.25, 0.3) is 0 Å². The zero-order valence-electron chi connectivity index (χ0n) is 11.4. The van der Waals surface area contributed by atoms with Crippen LogP contribution >= 0.6 is 0 Å². The minimum atomic E-state index is -0.602. The average Bonchev–Trinajstić information content (AvgIpc) is 2.86. The molecule has 0 aromatic heterocycles. The monoisotopic (exact) mass is 272 g/mol. The van der Waals surface area contributed by atoms with Crippen LogP contribution in [0.15, 0.2) is 51.5 Å². The van der Waals surface area contributed by atoms with Gasteiger partial charge in [-0.3, -0.25) is 4.99 Å². The van der Waals surface area contributed by atoms with E-state index in [4.69, 9.17) is 4.74 Å². The molecule has 2 N–H and O–H groups in total. The van der Waals surface area contributed by atoms with Crippen molar-refractivity contribution in [3.05, 3.63) is 46.5 Å². The number of nitrogens with zero attached hydrogens (tertiary/aromatic N) is 1. The second-order valence-corrected chi connectivity index (χ2v) is 5.07. The van der Waals surface area contributed by atoms with E-state index in [-0.39, 0.29) is 11.8 Å². The number of nitrogens with one attached hydrogen (secondary N) is 1. The zero-order chi connectivity index (χ0) is 14.3. The molecule has 2 atom stereocenters. The summed E-state index contributed by atoms with van der Waals surface area (Å²) in [4.78, 5) is 16.2. The number of rotatable bonds is 1. The number of ether oxygens (including phenoxy) is 1. The van der Waals surface area contributed by atoms with Crippen LogP contribution in [0.2, 0.25) is 0 Å². The molecule has 2 heterocycles. The third kappa shape index (κ3) is 1.86. The second-order valence-electron chi connectivity index (χ2n) is 5.07. The summed E-state index contributed by atoms with van der Waals surface area (Å²) in [5.74, 6) is -0.360. The van der Waals surface area contributed by atoms with Gasteiger partial charge in [0, 0.05) is 18.6 Å². The van der Waals surface area contributed by atoms with Gasteiger partial charge >= 0.3 is 5.97 Å². The number of methoxy groups -OCH3 is 1. The van der Waals surface area contributed by atoms with E-state index in [1.54, 1.807) is 6.21 Å². The molecule has 1 aliphatic carbocycles. The highest BCUT2D eigenvalue weighted by molar-refractivity contribution is 5.89. The Hall–Kier alpha value is -2.30. The molecule has 0 aromatic carbocycles. The Labute approximate surface area is 117 Å². The van der Waals surface area contributed by atoms with Gasteiger partial charge in [0.05, 0.1) is 12.8 Å². The van der Waals surface area contributed by atoms with Crippen molar-refractivity contribution in [3.63, 3.8) is 0 Å². The van der Waals surface area contributed by atoms with E-state index in [1.165, 1.54) is 7.11 Å². The van der Waals surface area contributed by atoms with Crippen molar-refractivity contribution >= 4 is 12.2 Å². The Kier molecular flexibility index (Phi) is 2.97. The summed E-state index contributed by atoms with van der Waals surface area (Å²) in [6.07, 6.45) is 8.17. The van der Waals surface area contributed by atoms with Crippen molar-refractivity contribution < 1.29 is 14.6 Å². The van der Waals surface area contributed by atoms with Gasteiger partial charge in [0.25, 0.3) is 0 Å². The average molecular weight is 272 g/mol. The number of aliphatic hydroxyl groups is 1. The molecule has 0 spiro atoms. The Morgan fingerprint density at radius 3 is 3.10 bits per heavy atom. The van der Waals surface area contributed by atoms with Gasteiger partial charge in [0.1, 0.15) is 6.04 Å². The summed E-state index contributed by atoms with van der Waals surface area (Å²) in [5.41, 5.74) is 3.77. The van der Waals surface area contributed by atoms with Crippen LogP contribution in [-0.2, 0) is 9.53 Å². The van der Waals surface area contributed by atoms with Crippen LogP contribution in [0, 0.1) is 5.92 Å². The topological polar surface area (TPSA) is 70.9 Å². The van der Waals surface area contributed by atoms with Crippen LogP contribution in [0.3, 0.4) is 0 Å². The summed E-state index contributed by atoms with van der Waals surface area (Å²) in [6.45, 7) is 1.85. The minimum absolute atomic E-state index is 0.00130. The van der Waals surface area contributed by atoms with Gasteiger partial charge in [-0.25, -0.2) is 4.79 Å². The van der Waals surface area contributed by atoms with Gasteiger partial charge in [0.2, 0.25) is 0 Å². The molecule has 104 valence electrons. The fourth-order valence-corrected chi connectivity index (χ4v) is 2.80. The summed E-state index contributed by atoms with van der Waals surface area (Å²) in [5, 5.41) is 13.0. The lowest BCUT2D eigenvalue weighted by atomic mass is 9.82. The van der Waals surface area contributed by atoms with Crippen molar-refractivity contribution in [2.24, 2.45) is 10.9 Å². The molecule has 1 unspecified atom stereocenters. The quantitative estimate of drug-likeness (QED) is 0.714. The van der Waals surface area contributed by atoms with Crippen LogP contribution < -0.4 is 5.32 Å². The molecule has 0 saturated heterocycles. The maximum Gasteiger partial charge on any atom is 0.328 e. The molecule has 0 bridgehead atoms. The molecule has 0 saturated carbocycles. The first-order valence-corrected chi connectivity index (χ1v) is 6.52. The number of aliphatic hydroxyl groups excluding tert-OH is 1. The molecule has 5 heteroatoms. The first-order chi connectivity index (χ1) is 9.61.